The summed E-state index contributed by atoms with van der Waals surface area (Å²) in [4.78, 5) is 0. The van der Waals surface area contributed by atoms with Crippen LogP contribution in [-0.2, 0) is 5.75 Å². The van der Waals surface area contributed by atoms with E-state index < -0.39 is 5.38 Å². The third-order valence-corrected chi connectivity index (χ3v) is 3.08. The van der Waals surface area contributed by atoms with Gasteiger partial charge in [0.05, 0.1) is 18.1 Å². The van der Waals surface area contributed by atoms with Crippen LogP contribution in [0.2, 0.25) is 0 Å². The van der Waals surface area contributed by atoms with Gasteiger partial charge >= 0.3 is 0 Å². The molecular weight excluding hydrogens is 206 g/mol. The second kappa shape index (κ2) is 5.21. The van der Waals surface area contributed by atoms with Crippen LogP contribution in [0.4, 0.5) is 0 Å². The van der Waals surface area contributed by atoms with Crippen molar-refractivity contribution in [1.29, 1.82) is 5.26 Å². The van der Waals surface area contributed by atoms with Crippen LogP contribution >= 0.6 is 23.4 Å². The molecule has 0 N–H and O–H groups in total. The molecule has 1 heterocycles. The lowest BCUT2D eigenvalue weighted by Crippen LogP contribution is -1.97. The zero-order valence-electron chi connectivity index (χ0n) is 7.29. The number of halogens is 1. The number of furan rings is 1. The van der Waals surface area contributed by atoms with Crippen molar-refractivity contribution in [3.8, 4) is 6.07 Å². The van der Waals surface area contributed by atoms with Crippen LogP contribution in [0.1, 0.15) is 11.3 Å². The molecule has 0 aliphatic heterocycles. The van der Waals surface area contributed by atoms with Crippen LogP contribution in [0.25, 0.3) is 0 Å². The summed E-state index contributed by atoms with van der Waals surface area (Å²) < 4.78 is 5.23. The predicted octanol–water partition coefficient (Wildman–Crippen LogP) is 2.95. The second-order valence-electron chi connectivity index (χ2n) is 2.64. The first-order valence-electron chi connectivity index (χ1n) is 3.88. The van der Waals surface area contributed by atoms with E-state index in [0.29, 0.717) is 5.75 Å². The molecular formula is C9H10ClNOS. The lowest BCUT2D eigenvalue weighted by Gasteiger charge is -1.99. The quantitative estimate of drug-likeness (QED) is 0.725. The highest BCUT2D eigenvalue weighted by Gasteiger charge is 2.05. The summed E-state index contributed by atoms with van der Waals surface area (Å²) in [6.45, 7) is 2.00. The molecule has 1 aromatic rings. The summed E-state index contributed by atoms with van der Waals surface area (Å²) in [5.74, 6) is 2.38. The lowest BCUT2D eigenvalue weighted by atomic mass is 10.3. The van der Waals surface area contributed by atoms with Gasteiger partial charge in [0.1, 0.15) is 11.1 Å². The highest BCUT2D eigenvalue weighted by atomic mass is 35.5. The Kier molecular flexibility index (Phi) is 4.20. The van der Waals surface area contributed by atoms with Gasteiger partial charge in [0.2, 0.25) is 0 Å². The van der Waals surface area contributed by atoms with Crippen LogP contribution in [-0.4, -0.2) is 11.1 Å². The zero-order chi connectivity index (χ0) is 9.68. The first-order valence-corrected chi connectivity index (χ1v) is 5.47. The van der Waals surface area contributed by atoms with Gasteiger partial charge in [0.15, 0.2) is 0 Å². The molecule has 0 saturated heterocycles. The van der Waals surface area contributed by atoms with Crippen LogP contribution in [0.3, 0.4) is 0 Å². The molecule has 0 amide bonds. The van der Waals surface area contributed by atoms with E-state index in [1.807, 2.05) is 19.1 Å². The summed E-state index contributed by atoms with van der Waals surface area (Å²) in [7, 11) is 0. The first kappa shape index (κ1) is 10.5. The fourth-order valence-electron chi connectivity index (χ4n) is 0.844. The van der Waals surface area contributed by atoms with E-state index in [2.05, 4.69) is 0 Å². The van der Waals surface area contributed by atoms with E-state index in [1.54, 1.807) is 18.0 Å². The third-order valence-electron chi connectivity index (χ3n) is 1.61. The molecule has 0 saturated carbocycles. The highest BCUT2D eigenvalue weighted by molar-refractivity contribution is 7.98. The van der Waals surface area contributed by atoms with Crippen molar-refractivity contribution in [1.82, 2.24) is 0 Å². The number of nitrogens with zero attached hydrogens (tertiary/aromatic N) is 1. The molecule has 4 heteroatoms. The van der Waals surface area contributed by atoms with E-state index in [4.69, 9.17) is 21.3 Å². The van der Waals surface area contributed by atoms with Gasteiger partial charge < -0.3 is 4.42 Å². The Bertz CT molecular complexity index is 305. The summed E-state index contributed by atoms with van der Waals surface area (Å²) in [5, 5.41) is 8.03. The van der Waals surface area contributed by atoms with Gasteiger partial charge in [-0.25, -0.2) is 0 Å². The molecule has 0 aromatic carbocycles. The van der Waals surface area contributed by atoms with E-state index in [-0.39, 0.29) is 0 Å². The molecule has 0 aliphatic carbocycles. The molecule has 0 spiro atoms. The lowest BCUT2D eigenvalue weighted by molar-refractivity contribution is 0.528. The molecule has 1 aromatic heterocycles. The van der Waals surface area contributed by atoms with E-state index in [0.717, 1.165) is 17.1 Å². The van der Waals surface area contributed by atoms with E-state index in [1.165, 1.54) is 0 Å². The van der Waals surface area contributed by atoms with E-state index in [9.17, 15) is 0 Å². The fraction of sp³-hybridized carbons (Fsp3) is 0.444. The fourth-order valence-corrected chi connectivity index (χ4v) is 1.99. The highest BCUT2D eigenvalue weighted by Crippen LogP contribution is 2.18. The normalized spacial score (nSPS) is 12.4. The van der Waals surface area contributed by atoms with Crippen molar-refractivity contribution in [2.24, 2.45) is 0 Å². The monoisotopic (exact) mass is 215 g/mol. The zero-order valence-corrected chi connectivity index (χ0v) is 8.86. The van der Waals surface area contributed by atoms with Gasteiger partial charge in [0.25, 0.3) is 0 Å². The third kappa shape index (κ3) is 3.33. The number of hydrogen-bond acceptors (Lipinski definition) is 3. The SMILES string of the molecule is Cc1ccoc1CSCC(Cl)C#N. The van der Waals surface area contributed by atoms with Crippen molar-refractivity contribution < 1.29 is 4.42 Å². The minimum atomic E-state index is -0.403. The van der Waals surface area contributed by atoms with Gasteiger partial charge in [-0.2, -0.15) is 17.0 Å². The summed E-state index contributed by atoms with van der Waals surface area (Å²) in [6, 6.07) is 3.90. The van der Waals surface area contributed by atoms with Crippen molar-refractivity contribution in [3.63, 3.8) is 0 Å². The molecule has 13 heavy (non-hydrogen) atoms. The summed E-state index contributed by atoms with van der Waals surface area (Å²) in [6.07, 6.45) is 1.67. The Hall–Kier alpha value is -0.590. The Balaban J connectivity index is 2.29. The maximum absolute atomic E-state index is 8.43. The molecule has 70 valence electrons. The van der Waals surface area contributed by atoms with Gasteiger partial charge in [-0.3, -0.25) is 0 Å². The van der Waals surface area contributed by atoms with Crippen molar-refractivity contribution in [2.75, 3.05) is 5.75 Å². The van der Waals surface area contributed by atoms with Crippen molar-refractivity contribution in [3.05, 3.63) is 23.7 Å². The maximum Gasteiger partial charge on any atom is 0.129 e. The minimum absolute atomic E-state index is 0.403. The average molecular weight is 216 g/mol. The van der Waals surface area contributed by atoms with Crippen molar-refractivity contribution in [2.45, 2.75) is 18.1 Å². The smallest absolute Gasteiger partial charge is 0.129 e. The number of alkyl halides is 1. The molecule has 0 bridgehead atoms. The van der Waals surface area contributed by atoms with Crippen LogP contribution in [0.15, 0.2) is 16.7 Å². The van der Waals surface area contributed by atoms with Crippen LogP contribution < -0.4 is 0 Å². The number of rotatable bonds is 4. The maximum atomic E-state index is 8.43. The van der Waals surface area contributed by atoms with E-state index >= 15 is 0 Å². The first-order chi connectivity index (χ1) is 6.24. The summed E-state index contributed by atoms with van der Waals surface area (Å²) >= 11 is 7.24. The largest absolute Gasteiger partial charge is 0.468 e. The molecule has 1 atom stereocenters. The number of nitriles is 1. The molecule has 0 fully saturated rings. The number of thioether (sulfide) groups is 1. The molecule has 2 nitrogen and oxygen atoms in total. The Morgan fingerprint density at radius 3 is 3.08 bits per heavy atom. The standard InChI is InChI=1S/C9H10ClNOS/c1-7-2-3-12-9(7)6-13-5-8(10)4-11/h2-3,8H,5-6H2,1H3. The van der Waals surface area contributed by atoms with Gasteiger partial charge in [-0.1, -0.05) is 0 Å². The molecule has 0 aliphatic rings. The summed E-state index contributed by atoms with van der Waals surface area (Å²) in [5.41, 5.74) is 1.15. The Morgan fingerprint density at radius 2 is 2.54 bits per heavy atom. The van der Waals surface area contributed by atoms with Crippen LogP contribution in [0.5, 0.6) is 0 Å². The number of aryl methyl sites for hydroxylation is 1. The van der Waals surface area contributed by atoms with Crippen LogP contribution in [0, 0.1) is 18.3 Å². The topological polar surface area (TPSA) is 36.9 Å². The molecule has 1 rings (SSSR count). The minimum Gasteiger partial charge on any atom is -0.468 e. The average Bonchev–Trinajstić information content (AvgIpc) is 2.52. The van der Waals surface area contributed by atoms with Gasteiger partial charge in [-0.15, -0.1) is 11.6 Å². The second-order valence-corrected chi connectivity index (χ2v) is 4.20. The predicted molar refractivity (Wildman–Crippen MR) is 54.9 cm³/mol. The van der Waals surface area contributed by atoms with Crippen molar-refractivity contribution >= 4 is 23.4 Å². The Labute approximate surface area is 86.9 Å². The van der Waals surface area contributed by atoms with Gasteiger partial charge in [-0.05, 0) is 18.6 Å². The molecule has 0 radical (unpaired) electrons. The van der Waals surface area contributed by atoms with Gasteiger partial charge in [0, 0.05) is 5.75 Å². The molecule has 1 unspecified atom stereocenters. The Morgan fingerprint density at radius 1 is 1.77 bits per heavy atom. The number of hydrogen-bond donors (Lipinski definition) is 0.